The zero-order chi connectivity index (χ0) is 15.2. The van der Waals surface area contributed by atoms with Gasteiger partial charge in [0.2, 0.25) is 0 Å². The number of imidazole rings is 1. The van der Waals surface area contributed by atoms with Crippen LogP contribution in [0.1, 0.15) is 16.8 Å². The lowest BCUT2D eigenvalue weighted by Gasteiger charge is -2.23. The van der Waals surface area contributed by atoms with E-state index in [-0.39, 0.29) is 23.5 Å². The van der Waals surface area contributed by atoms with Gasteiger partial charge in [-0.1, -0.05) is 0 Å². The van der Waals surface area contributed by atoms with Crippen LogP contribution in [0.4, 0.5) is 0 Å². The van der Waals surface area contributed by atoms with Crippen molar-refractivity contribution in [1.29, 1.82) is 0 Å². The molecule has 0 saturated carbocycles. The van der Waals surface area contributed by atoms with Crippen LogP contribution in [0.2, 0.25) is 0 Å². The van der Waals surface area contributed by atoms with Gasteiger partial charge in [0.15, 0.2) is 9.84 Å². The number of hydrogen-bond acceptors (Lipinski definition) is 4. The second kappa shape index (κ2) is 4.84. The molecule has 1 amide bonds. The minimum atomic E-state index is -3.00. The lowest BCUT2D eigenvalue weighted by atomic mass is 10.1. The fraction of sp³-hybridized carbons (Fsp3) is 0.429. The molecule has 112 valence electrons. The zero-order valence-corrected chi connectivity index (χ0v) is 12.8. The second-order valence-corrected chi connectivity index (χ2v) is 7.76. The highest BCUT2D eigenvalue weighted by Gasteiger charge is 2.33. The summed E-state index contributed by atoms with van der Waals surface area (Å²) < 4.78 is 24.9. The number of aryl methyl sites for hydroxylation is 1. The number of rotatable bonds is 2. The van der Waals surface area contributed by atoms with Crippen LogP contribution in [0.15, 0.2) is 24.5 Å². The Morgan fingerprint density at radius 2 is 2.19 bits per heavy atom. The van der Waals surface area contributed by atoms with Crippen LogP contribution >= 0.6 is 0 Å². The van der Waals surface area contributed by atoms with Crippen molar-refractivity contribution in [3.8, 4) is 0 Å². The second-order valence-electron chi connectivity index (χ2n) is 5.53. The smallest absolute Gasteiger partial charge is 0.253 e. The molecule has 1 fully saturated rings. The molecule has 1 aliphatic rings. The molecule has 7 heteroatoms. The molecule has 0 aliphatic carbocycles. The molecule has 0 bridgehead atoms. The Balaban J connectivity index is 1.86. The molecule has 1 aliphatic heterocycles. The maximum absolute atomic E-state index is 12.5. The first-order chi connectivity index (χ1) is 9.87. The van der Waals surface area contributed by atoms with Crippen molar-refractivity contribution in [2.45, 2.75) is 12.5 Å². The molecule has 0 N–H and O–H groups in total. The van der Waals surface area contributed by atoms with Crippen LogP contribution in [0, 0.1) is 0 Å². The summed E-state index contributed by atoms with van der Waals surface area (Å²) in [4.78, 5) is 18.3. The highest BCUT2D eigenvalue weighted by molar-refractivity contribution is 7.91. The maximum atomic E-state index is 12.5. The lowest BCUT2D eigenvalue weighted by molar-refractivity contribution is 0.0748. The minimum absolute atomic E-state index is 0.0566. The molecule has 2 aromatic rings. The predicted molar refractivity (Wildman–Crippen MR) is 79.9 cm³/mol. The summed E-state index contributed by atoms with van der Waals surface area (Å²) in [6, 6.07) is 5.13. The Bertz CT molecular complexity index is 810. The predicted octanol–water partition coefficient (Wildman–Crippen LogP) is 0.832. The number of amides is 1. The monoisotopic (exact) mass is 307 g/mol. The number of fused-ring (bicyclic) bond motifs is 1. The fourth-order valence-corrected chi connectivity index (χ4v) is 4.49. The topological polar surface area (TPSA) is 72.3 Å². The standard InChI is InChI=1S/C14H17N3O3S/c1-16-9-15-12-7-10(3-4-13(12)16)14(18)17(2)11-5-6-21(19,20)8-11/h3-4,7,9,11H,5-6,8H2,1-2H3. The third kappa shape index (κ3) is 2.53. The SMILES string of the molecule is CN(C(=O)c1ccc2c(c1)ncn2C)C1CCS(=O)(=O)C1. The molecule has 1 unspecified atom stereocenters. The summed E-state index contributed by atoms with van der Waals surface area (Å²) >= 11 is 0. The lowest BCUT2D eigenvalue weighted by Crippen LogP contribution is -2.37. The number of hydrogen-bond donors (Lipinski definition) is 0. The third-order valence-corrected chi connectivity index (χ3v) is 5.80. The van der Waals surface area contributed by atoms with Gasteiger partial charge < -0.3 is 9.47 Å². The van der Waals surface area contributed by atoms with E-state index in [1.165, 1.54) is 4.90 Å². The summed E-state index contributed by atoms with van der Waals surface area (Å²) in [5, 5.41) is 0. The van der Waals surface area contributed by atoms with E-state index in [0.717, 1.165) is 11.0 Å². The number of carbonyl (C=O) groups is 1. The quantitative estimate of drug-likeness (QED) is 0.824. The Hall–Kier alpha value is -1.89. The van der Waals surface area contributed by atoms with Crippen LogP contribution in [-0.2, 0) is 16.9 Å². The number of benzene rings is 1. The van der Waals surface area contributed by atoms with Crippen molar-refractivity contribution in [2.75, 3.05) is 18.6 Å². The molecule has 1 atom stereocenters. The Kier molecular flexibility index (Phi) is 3.24. The Morgan fingerprint density at radius 3 is 2.86 bits per heavy atom. The number of nitrogens with zero attached hydrogens (tertiary/aromatic N) is 3. The normalized spacial score (nSPS) is 20.8. The van der Waals surface area contributed by atoms with Gasteiger partial charge in [-0.15, -0.1) is 0 Å². The minimum Gasteiger partial charge on any atom is -0.338 e. The maximum Gasteiger partial charge on any atom is 0.253 e. The Labute approximate surface area is 123 Å². The average molecular weight is 307 g/mol. The van der Waals surface area contributed by atoms with Crippen molar-refractivity contribution in [3.63, 3.8) is 0 Å². The van der Waals surface area contributed by atoms with Crippen molar-refractivity contribution in [1.82, 2.24) is 14.5 Å². The van der Waals surface area contributed by atoms with Crippen LogP contribution in [0.25, 0.3) is 11.0 Å². The molecule has 1 aromatic heterocycles. The summed E-state index contributed by atoms with van der Waals surface area (Å²) in [6.07, 6.45) is 2.21. The summed E-state index contributed by atoms with van der Waals surface area (Å²) in [5.41, 5.74) is 2.25. The van der Waals surface area contributed by atoms with Crippen LogP contribution in [0.3, 0.4) is 0 Å². The molecule has 6 nitrogen and oxygen atoms in total. The van der Waals surface area contributed by atoms with Gasteiger partial charge in [0, 0.05) is 25.7 Å². The van der Waals surface area contributed by atoms with E-state index < -0.39 is 9.84 Å². The summed E-state index contributed by atoms with van der Waals surface area (Å²) in [5.74, 6) is 0.0555. The summed E-state index contributed by atoms with van der Waals surface area (Å²) in [7, 11) is 0.561. The van der Waals surface area contributed by atoms with Gasteiger partial charge in [0.25, 0.3) is 5.91 Å². The van der Waals surface area contributed by atoms with Gasteiger partial charge in [-0.2, -0.15) is 0 Å². The molecule has 1 aromatic carbocycles. The van der Waals surface area contributed by atoms with E-state index in [1.807, 2.05) is 17.7 Å². The van der Waals surface area contributed by atoms with Gasteiger partial charge in [-0.05, 0) is 24.6 Å². The zero-order valence-electron chi connectivity index (χ0n) is 12.0. The highest BCUT2D eigenvalue weighted by atomic mass is 32.2. The van der Waals surface area contributed by atoms with E-state index in [1.54, 1.807) is 25.5 Å². The number of aromatic nitrogens is 2. The number of sulfone groups is 1. The molecule has 2 heterocycles. The van der Waals surface area contributed by atoms with Crippen LogP contribution < -0.4 is 0 Å². The van der Waals surface area contributed by atoms with Crippen molar-refractivity contribution in [2.24, 2.45) is 7.05 Å². The van der Waals surface area contributed by atoms with E-state index in [0.29, 0.717) is 12.0 Å². The summed E-state index contributed by atoms with van der Waals surface area (Å²) in [6.45, 7) is 0. The molecule has 21 heavy (non-hydrogen) atoms. The molecular formula is C14H17N3O3S. The molecule has 0 radical (unpaired) electrons. The average Bonchev–Trinajstić information content (AvgIpc) is 3.00. The fourth-order valence-electron chi connectivity index (χ4n) is 2.72. The van der Waals surface area contributed by atoms with Gasteiger partial charge >= 0.3 is 0 Å². The molecule has 1 saturated heterocycles. The van der Waals surface area contributed by atoms with E-state index in [9.17, 15) is 13.2 Å². The van der Waals surface area contributed by atoms with Crippen molar-refractivity contribution >= 4 is 26.8 Å². The van der Waals surface area contributed by atoms with Gasteiger partial charge in [0.05, 0.1) is 28.9 Å². The van der Waals surface area contributed by atoms with Gasteiger partial charge in [-0.3, -0.25) is 4.79 Å². The first-order valence-corrected chi connectivity index (χ1v) is 8.58. The molecule has 0 spiro atoms. The van der Waals surface area contributed by atoms with Gasteiger partial charge in [-0.25, -0.2) is 13.4 Å². The van der Waals surface area contributed by atoms with E-state index in [2.05, 4.69) is 4.98 Å². The van der Waals surface area contributed by atoms with Crippen molar-refractivity contribution < 1.29 is 13.2 Å². The van der Waals surface area contributed by atoms with Crippen molar-refractivity contribution in [3.05, 3.63) is 30.1 Å². The third-order valence-electron chi connectivity index (χ3n) is 4.05. The Morgan fingerprint density at radius 1 is 1.43 bits per heavy atom. The van der Waals surface area contributed by atoms with E-state index in [4.69, 9.17) is 0 Å². The van der Waals surface area contributed by atoms with Crippen LogP contribution in [-0.4, -0.2) is 53.4 Å². The number of carbonyl (C=O) groups excluding carboxylic acids is 1. The van der Waals surface area contributed by atoms with Crippen LogP contribution in [0.5, 0.6) is 0 Å². The highest BCUT2D eigenvalue weighted by Crippen LogP contribution is 2.20. The molecule has 3 rings (SSSR count). The van der Waals surface area contributed by atoms with Gasteiger partial charge in [0.1, 0.15) is 0 Å². The largest absolute Gasteiger partial charge is 0.338 e. The molecular weight excluding hydrogens is 290 g/mol. The van der Waals surface area contributed by atoms with E-state index >= 15 is 0 Å². The first-order valence-electron chi connectivity index (χ1n) is 6.76. The first kappa shape index (κ1) is 14.1.